The molecule has 0 fully saturated rings. The van der Waals surface area contributed by atoms with Gasteiger partial charge in [-0.25, -0.2) is 0 Å². The molecule has 0 saturated heterocycles. The Morgan fingerprint density at radius 1 is 1.05 bits per heavy atom. The summed E-state index contributed by atoms with van der Waals surface area (Å²) in [6.07, 6.45) is 0.963. The van der Waals surface area contributed by atoms with Crippen LogP contribution in [0.1, 0.15) is 23.6 Å². The van der Waals surface area contributed by atoms with E-state index in [0.29, 0.717) is 0 Å². The van der Waals surface area contributed by atoms with Crippen molar-refractivity contribution in [2.75, 3.05) is 13.6 Å². The number of nitrogens with two attached hydrogens (primary N) is 1. The number of benzene rings is 2. The van der Waals surface area contributed by atoms with Gasteiger partial charge in [-0.3, -0.25) is 0 Å². The maximum absolute atomic E-state index is 6.24. The Labute approximate surface area is 129 Å². The van der Waals surface area contributed by atoms with E-state index < -0.39 is 0 Å². The molecule has 3 heteroatoms. The van der Waals surface area contributed by atoms with E-state index in [2.05, 4.69) is 64.3 Å². The van der Waals surface area contributed by atoms with Crippen molar-refractivity contribution in [1.82, 2.24) is 4.90 Å². The third kappa shape index (κ3) is 4.75. The number of nitrogens with zero attached hydrogens (tertiary/aromatic N) is 1. The van der Waals surface area contributed by atoms with E-state index in [4.69, 9.17) is 5.73 Å². The Hall–Kier alpha value is -1.16. The van der Waals surface area contributed by atoms with E-state index in [-0.39, 0.29) is 6.04 Å². The number of hydrogen-bond donors (Lipinski definition) is 1. The molecule has 2 aromatic carbocycles. The molecule has 0 aliphatic rings. The molecule has 0 radical (unpaired) electrons. The summed E-state index contributed by atoms with van der Waals surface area (Å²) in [7, 11) is 2.14. The van der Waals surface area contributed by atoms with Crippen LogP contribution in [0.3, 0.4) is 0 Å². The summed E-state index contributed by atoms with van der Waals surface area (Å²) in [5.74, 6) is 0. The number of halogens is 1. The highest BCUT2D eigenvalue weighted by Gasteiger charge is 2.08. The molecule has 2 aromatic rings. The van der Waals surface area contributed by atoms with Crippen LogP contribution in [0.5, 0.6) is 0 Å². The third-order valence-corrected chi connectivity index (χ3v) is 3.94. The highest BCUT2D eigenvalue weighted by molar-refractivity contribution is 9.10. The topological polar surface area (TPSA) is 29.3 Å². The van der Waals surface area contributed by atoms with E-state index in [0.717, 1.165) is 24.0 Å². The largest absolute Gasteiger partial charge is 0.324 e. The average Bonchev–Trinajstić information content (AvgIpc) is 2.46. The SMILES string of the molecule is CN(CCC(N)c1ccc(Br)cc1)Cc1ccccc1. The van der Waals surface area contributed by atoms with Crippen LogP contribution < -0.4 is 5.73 Å². The van der Waals surface area contributed by atoms with Crippen molar-refractivity contribution in [2.24, 2.45) is 5.73 Å². The molecular formula is C17H21BrN2. The fourth-order valence-corrected chi connectivity index (χ4v) is 2.47. The molecule has 106 valence electrons. The van der Waals surface area contributed by atoms with Crippen molar-refractivity contribution in [3.05, 3.63) is 70.2 Å². The summed E-state index contributed by atoms with van der Waals surface area (Å²) in [4.78, 5) is 2.31. The maximum atomic E-state index is 6.24. The number of rotatable bonds is 6. The lowest BCUT2D eigenvalue weighted by molar-refractivity contribution is 0.311. The number of hydrogen-bond acceptors (Lipinski definition) is 2. The highest BCUT2D eigenvalue weighted by atomic mass is 79.9. The first-order valence-corrected chi connectivity index (χ1v) is 7.68. The van der Waals surface area contributed by atoms with Gasteiger partial charge in [0.05, 0.1) is 0 Å². The van der Waals surface area contributed by atoms with Crippen LogP contribution in [0, 0.1) is 0 Å². The zero-order chi connectivity index (χ0) is 14.4. The Bertz CT molecular complexity index is 510. The maximum Gasteiger partial charge on any atom is 0.0307 e. The Morgan fingerprint density at radius 3 is 2.35 bits per heavy atom. The van der Waals surface area contributed by atoms with Crippen molar-refractivity contribution in [3.8, 4) is 0 Å². The summed E-state index contributed by atoms with van der Waals surface area (Å²) >= 11 is 3.44. The fourth-order valence-electron chi connectivity index (χ4n) is 2.21. The van der Waals surface area contributed by atoms with E-state index in [1.807, 2.05) is 18.2 Å². The molecule has 1 atom stereocenters. The minimum absolute atomic E-state index is 0.0984. The van der Waals surface area contributed by atoms with Gasteiger partial charge in [0.2, 0.25) is 0 Å². The first kappa shape index (κ1) is 15.2. The zero-order valence-electron chi connectivity index (χ0n) is 11.8. The van der Waals surface area contributed by atoms with Crippen LogP contribution in [0.25, 0.3) is 0 Å². The van der Waals surface area contributed by atoms with Gasteiger partial charge >= 0.3 is 0 Å². The molecule has 1 unspecified atom stereocenters. The molecule has 0 aliphatic carbocycles. The van der Waals surface area contributed by atoms with Crippen molar-refractivity contribution in [2.45, 2.75) is 19.0 Å². The Morgan fingerprint density at radius 2 is 1.70 bits per heavy atom. The molecule has 0 spiro atoms. The molecule has 0 saturated carbocycles. The lowest BCUT2D eigenvalue weighted by atomic mass is 10.0. The molecule has 2 N–H and O–H groups in total. The van der Waals surface area contributed by atoms with Gasteiger partial charge in [0.15, 0.2) is 0 Å². The smallest absolute Gasteiger partial charge is 0.0307 e. The zero-order valence-corrected chi connectivity index (χ0v) is 13.4. The Balaban J connectivity index is 1.81. The lowest BCUT2D eigenvalue weighted by Crippen LogP contribution is -2.23. The molecule has 0 aromatic heterocycles. The van der Waals surface area contributed by atoms with Gasteiger partial charge in [0.1, 0.15) is 0 Å². The molecule has 2 rings (SSSR count). The van der Waals surface area contributed by atoms with Gasteiger partial charge in [-0.05, 0) is 43.3 Å². The van der Waals surface area contributed by atoms with E-state index >= 15 is 0 Å². The average molecular weight is 333 g/mol. The molecule has 0 heterocycles. The van der Waals surface area contributed by atoms with Crippen LogP contribution in [0.15, 0.2) is 59.1 Å². The van der Waals surface area contributed by atoms with Gasteiger partial charge < -0.3 is 10.6 Å². The van der Waals surface area contributed by atoms with Crippen LogP contribution >= 0.6 is 15.9 Å². The normalized spacial score (nSPS) is 12.6. The van der Waals surface area contributed by atoms with Gasteiger partial charge in [0.25, 0.3) is 0 Å². The van der Waals surface area contributed by atoms with Crippen LogP contribution in [-0.4, -0.2) is 18.5 Å². The summed E-state index contributed by atoms with van der Waals surface area (Å²) in [5.41, 5.74) is 8.78. The summed E-state index contributed by atoms with van der Waals surface area (Å²) in [5, 5.41) is 0. The minimum atomic E-state index is 0.0984. The van der Waals surface area contributed by atoms with Gasteiger partial charge in [-0.15, -0.1) is 0 Å². The molecule has 2 nitrogen and oxygen atoms in total. The van der Waals surface area contributed by atoms with Gasteiger partial charge in [-0.2, -0.15) is 0 Å². The quantitative estimate of drug-likeness (QED) is 0.867. The summed E-state index contributed by atoms with van der Waals surface area (Å²) in [6, 6.07) is 18.9. The van der Waals surface area contributed by atoms with Crippen LogP contribution in [-0.2, 0) is 6.54 Å². The van der Waals surface area contributed by atoms with Crippen molar-refractivity contribution in [3.63, 3.8) is 0 Å². The predicted molar refractivity (Wildman–Crippen MR) is 88.5 cm³/mol. The molecule has 0 aliphatic heterocycles. The predicted octanol–water partition coefficient (Wildman–Crippen LogP) is 3.97. The summed E-state index contributed by atoms with van der Waals surface area (Å²) < 4.78 is 1.09. The Kier molecular flexibility index (Phi) is 5.77. The van der Waals surface area contributed by atoms with Crippen LogP contribution in [0.2, 0.25) is 0 Å². The monoisotopic (exact) mass is 332 g/mol. The van der Waals surface area contributed by atoms with Crippen molar-refractivity contribution >= 4 is 15.9 Å². The van der Waals surface area contributed by atoms with E-state index in [1.54, 1.807) is 0 Å². The second-order valence-electron chi connectivity index (χ2n) is 5.17. The lowest BCUT2D eigenvalue weighted by Gasteiger charge is -2.19. The van der Waals surface area contributed by atoms with Gasteiger partial charge in [-0.1, -0.05) is 58.4 Å². The third-order valence-electron chi connectivity index (χ3n) is 3.42. The fraction of sp³-hybridized carbons (Fsp3) is 0.294. The molecule has 20 heavy (non-hydrogen) atoms. The second-order valence-corrected chi connectivity index (χ2v) is 6.09. The highest BCUT2D eigenvalue weighted by Crippen LogP contribution is 2.18. The summed E-state index contributed by atoms with van der Waals surface area (Å²) in [6.45, 7) is 1.96. The second kappa shape index (κ2) is 7.58. The van der Waals surface area contributed by atoms with E-state index in [1.165, 1.54) is 11.1 Å². The minimum Gasteiger partial charge on any atom is -0.324 e. The van der Waals surface area contributed by atoms with Crippen LogP contribution in [0.4, 0.5) is 0 Å². The van der Waals surface area contributed by atoms with Crippen molar-refractivity contribution < 1.29 is 0 Å². The van der Waals surface area contributed by atoms with Gasteiger partial charge in [0, 0.05) is 17.1 Å². The molecular weight excluding hydrogens is 312 g/mol. The first-order valence-electron chi connectivity index (χ1n) is 6.88. The van der Waals surface area contributed by atoms with Crippen molar-refractivity contribution in [1.29, 1.82) is 0 Å². The molecule has 0 amide bonds. The standard InChI is InChI=1S/C17H21BrN2/c1-20(13-14-5-3-2-4-6-14)12-11-17(19)15-7-9-16(18)10-8-15/h2-10,17H,11-13,19H2,1H3. The first-order chi connectivity index (χ1) is 9.65. The molecule has 0 bridgehead atoms. The van der Waals surface area contributed by atoms with E-state index in [9.17, 15) is 0 Å².